The molecule has 1 aromatic heterocycles. The SMILES string of the molecule is CS(=O)(=O)C[C@H](O)c1cc2n(n1)CCN(Cc1cccc(C(=O)O)c1)C2. The molecule has 0 unspecified atom stereocenters. The normalized spacial score (nSPS) is 16.2. The summed E-state index contributed by atoms with van der Waals surface area (Å²) in [5, 5.41) is 23.5. The Balaban J connectivity index is 1.70. The molecule has 0 aliphatic carbocycles. The fourth-order valence-electron chi connectivity index (χ4n) is 3.07. The Morgan fingerprint density at radius 3 is 2.77 bits per heavy atom. The molecule has 2 N–H and O–H groups in total. The Labute approximate surface area is 151 Å². The van der Waals surface area contributed by atoms with Crippen LogP contribution in [-0.4, -0.2) is 57.8 Å². The van der Waals surface area contributed by atoms with Crippen LogP contribution in [0.25, 0.3) is 0 Å². The van der Waals surface area contributed by atoms with Crippen LogP contribution >= 0.6 is 0 Å². The van der Waals surface area contributed by atoms with Gasteiger partial charge in [0, 0.05) is 25.9 Å². The molecule has 140 valence electrons. The Bertz CT molecular complexity index is 922. The monoisotopic (exact) mass is 379 g/mol. The van der Waals surface area contributed by atoms with Crippen molar-refractivity contribution in [3.8, 4) is 0 Å². The third kappa shape index (κ3) is 4.48. The second kappa shape index (κ2) is 7.18. The molecule has 2 heterocycles. The van der Waals surface area contributed by atoms with Gasteiger partial charge in [0.05, 0.1) is 29.2 Å². The van der Waals surface area contributed by atoms with Gasteiger partial charge in [0.15, 0.2) is 0 Å². The number of hydrogen-bond acceptors (Lipinski definition) is 6. The minimum absolute atomic E-state index is 0.260. The number of carboxylic acid groups (broad SMARTS) is 1. The third-order valence-corrected chi connectivity index (χ3v) is 5.20. The molecule has 26 heavy (non-hydrogen) atoms. The number of fused-ring (bicyclic) bond motifs is 1. The van der Waals surface area contributed by atoms with Crippen molar-refractivity contribution >= 4 is 15.8 Å². The zero-order chi connectivity index (χ0) is 18.9. The summed E-state index contributed by atoms with van der Waals surface area (Å²) in [6, 6.07) is 8.57. The fourth-order valence-corrected chi connectivity index (χ4v) is 3.82. The zero-order valence-corrected chi connectivity index (χ0v) is 15.2. The molecule has 0 saturated heterocycles. The van der Waals surface area contributed by atoms with Crippen molar-refractivity contribution < 1.29 is 23.4 Å². The summed E-state index contributed by atoms with van der Waals surface area (Å²) in [5.41, 5.74) is 2.43. The van der Waals surface area contributed by atoms with E-state index in [-0.39, 0.29) is 11.3 Å². The molecule has 2 aromatic rings. The van der Waals surface area contributed by atoms with Gasteiger partial charge in [-0.15, -0.1) is 0 Å². The van der Waals surface area contributed by atoms with Crippen LogP contribution in [0.4, 0.5) is 0 Å². The molecule has 0 radical (unpaired) electrons. The van der Waals surface area contributed by atoms with Crippen LogP contribution in [0, 0.1) is 0 Å². The summed E-state index contributed by atoms with van der Waals surface area (Å²) < 4.78 is 24.5. The van der Waals surface area contributed by atoms with Gasteiger partial charge in [0.1, 0.15) is 15.9 Å². The van der Waals surface area contributed by atoms with Crippen LogP contribution in [0.15, 0.2) is 30.3 Å². The number of nitrogens with zero attached hydrogens (tertiary/aromatic N) is 3. The van der Waals surface area contributed by atoms with Gasteiger partial charge in [-0.3, -0.25) is 9.58 Å². The van der Waals surface area contributed by atoms with Crippen molar-refractivity contribution in [1.29, 1.82) is 0 Å². The van der Waals surface area contributed by atoms with Gasteiger partial charge in [0.2, 0.25) is 0 Å². The van der Waals surface area contributed by atoms with Crippen molar-refractivity contribution in [1.82, 2.24) is 14.7 Å². The lowest BCUT2D eigenvalue weighted by molar-refractivity contribution is 0.0696. The van der Waals surface area contributed by atoms with Gasteiger partial charge in [-0.1, -0.05) is 12.1 Å². The van der Waals surface area contributed by atoms with Crippen LogP contribution in [0.1, 0.15) is 33.4 Å². The summed E-state index contributed by atoms with van der Waals surface area (Å²) >= 11 is 0. The number of carboxylic acids is 1. The summed E-state index contributed by atoms with van der Waals surface area (Å²) in [4.78, 5) is 13.2. The number of benzene rings is 1. The number of rotatable bonds is 6. The van der Waals surface area contributed by atoms with Gasteiger partial charge < -0.3 is 10.2 Å². The van der Waals surface area contributed by atoms with E-state index in [1.54, 1.807) is 28.9 Å². The minimum Gasteiger partial charge on any atom is -0.478 e. The van der Waals surface area contributed by atoms with Gasteiger partial charge in [-0.25, -0.2) is 13.2 Å². The van der Waals surface area contributed by atoms with Gasteiger partial charge in [0.25, 0.3) is 0 Å². The minimum atomic E-state index is -3.29. The van der Waals surface area contributed by atoms with Crippen molar-refractivity contribution in [2.24, 2.45) is 0 Å². The van der Waals surface area contributed by atoms with E-state index >= 15 is 0 Å². The highest BCUT2D eigenvalue weighted by atomic mass is 32.2. The Morgan fingerprint density at radius 2 is 2.08 bits per heavy atom. The zero-order valence-electron chi connectivity index (χ0n) is 14.4. The molecular formula is C17H21N3O5S. The Hall–Kier alpha value is -2.23. The predicted octanol–water partition coefficient (Wildman–Crippen LogP) is 0.675. The van der Waals surface area contributed by atoms with Crippen LogP contribution in [0.2, 0.25) is 0 Å². The summed E-state index contributed by atoms with van der Waals surface area (Å²) in [6.07, 6.45) is -0.0528. The number of carbonyl (C=O) groups is 1. The van der Waals surface area contributed by atoms with E-state index in [2.05, 4.69) is 10.00 Å². The molecule has 1 aliphatic heterocycles. The highest BCUT2D eigenvalue weighted by Gasteiger charge is 2.23. The lowest BCUT2D eigenvalue weighted by Crippen LogP contribution is -2.33. The highest BCUT2D eigenvalue weighted by Crippen LogP contribution is 2.20. The molecule has 0 saturated carbocycles. The van der Waals surface area contributed by atoms with Crippen molar-refractivity contribution in [2.45, 2.75) is 25.7 Å². The summed E-state index contributed by atoms with van der Waals surface area (Å²) in [5.74, 6) is -1.30. The lowest BCUT2D eigenvalue weighted by Gasteiger charge is -2.27. The topological polar surface area (TPSA) is 113 Å². The first-order chi connectivity index (χ1) is 12.2. The highest BCUT2D eigenvalue weighted by molar-refractivity contribution is 7.90. The molecule has 1 atom stereocenters. The molecule has 1 aromatic carbocycles. The smallest absolute Gasteiger partial charge is 0.335 e. The van der Waals surface area contributed by atoms with E-state index in [0.29, 0.717) is 25.3 Å². The predicted molar refractivity (Wildman–Crippen MR) is 94.4 cm³/mol. The Kier molecular flexibility index (Phi) is 5.12. The molecule has 0 fully saturated rings. The van der Waals surface area contributed by atoms with E-state index < -0.39 is 21.9 Å². The largest absolute Gasteiger partial charge is 0.478 e. The molecule has 1 aliphatic rings. The number of hydrogen-bond donors (Lipinski definition) is 2. The average molecular weight is 379 g/mol. The number of aromatic carboxylic acids is 1. The maximum absolute atomic E-state index is 11.3. The fraction of sp³-hybridized carbons (Fsp3) is 0.412. The number of aliphatic hydroxyl groups excluding tert-OH is 1. The number of aliphatic hydroxyl groups is 1. The second-order valence-electron chi connectivity index (χ2n) is 6.61. The third-order valence-electron chi connectivity index (χ3n) is 4.28. The van der Waals surface area contributed by atoms with E-state index in [0.717, 1.165) is 24.1 Å². The summed E-state index contributed by atoms with van der Waals surface area (Å²) in [7, 11) is -3.29. The van der Waals surface area contributed by atoms with Crippen molar-refractivity contribution in [2.75, 3.05) is 18.6 Å². The van der Waals surface area contributed by atoms with Crippen LogP contribution in [-0.2, 0) is 29.5 Å². The first-order valence-electron chi connectivity index (χ1n) is 8.18. The molecular weight excluding hydrogens is 358 g/mol. The molecule has 0 amide bonds. The van der Waals surface area contributed by atoms with E-state index in [1.807, 2.05) is 6.07 Å². The average Bonchev–Trinajstić information content (AvgIpc) is 2.97. The van der Waals surface area contributed by atoms with Crippen LogP contribution < -0.4 is 0 Å². The molecule has 3 rings (SSSR count). The molecule has 0 bridgehead atoms. The second-order valence-corrected chi connectivity index (χ2v) is 8.79. The van der Waals surface area contributed by atoms with Crippen LogP contribution in [0.3, 0.4) is 0 Å². The van der Waals surface area contributed by atoms with E-state index in [4.69, 9.17) is 5.11 Å². The standard InChI is InChI=1S/C17H21N3O5S/c1-26(24,25)11-16(21)15-8-14-10-19(5-6-20(14)18-15)9-12-3-2-4-13(7-12)17(22)23/h2-4,7-8,16,21H,5-6,9-11H2,1H3,(H,22,23)/t16-/m0/s1. The summed E-state index contributed by atoms with van der Waals surface area (Å²) in [6.45, 7) is 2.55. The van der Waals surface area contributed by atoms with Gasteiger partial charge in [-0.2, -0.15) is 5.10 Å². The van der Waals surface area contributed by atoms with Crippen LogP contribution in [0.5, 0.6) is 0 Å². The number of aromatic nitrogens is 2. The number of sulfone groups is 1. The first-order valence-corrected chi connectivity index (χ1v) is 10.2. The van der Waals surface area contributed by atoms with E-state index in [9.17, 15) is 18.3 Å². The van der Waals surface area contributed by atoms with E-state index in [1.165, 1.54) is 0 Å². The molecule has 0 spiro atoms. The maximum atomic E-state index is 11.3. The van der Waals surface area contributed by atoms with Gasteiger partial charge >= 0.3 is 5.97 Å². The van der Waals surface area contributed by atoms with Crippen molar-refractivity contribution in [3.05, 3.63) is 52.8 Å². The Morgan fingerprint density at radius 1 is 1.31 bits per heavy atom. The first kappa shape index (κ1) is 18.6. The maximum Gasteiger partial charge on any atom is 0.335 e. The van der Waals surface area contributed by atoms with Crippen molar-refractivity contribution in [3.63, 3.8) is 0 Å². The molecule has 9 heteroatoms. The lowest BCUT2D eigenvalue weighted by atomic mass is 10.1. The molecule has 8 nitrogen and oxygen atoms in total. The van der Waals surface area contributed by atoms with Gasteiger partial charge in [-0.05, 0) is 23.8 Å². The quantitative estimate of drug-likeness (QED) is 0.759.